The average molecular weight is 357 g/mol. The molecule has 0 aromatic rings. The summed E-state index contributed by atoms with van der Waals surface area (Å²) in [5.41, 5.74) is 0.219. The van der Waals surface area contributed by atoms with Gasteiger partial charge in [0.25, 0.3) is 0 Å². The number of carbonyl (C=O) groups excluding carboxylic acids is 1. The number of rotatable bonds is 15. The molecule has 0 fully saturated rings. The van der Waals surface area contributed by atoms with Crippen LogP contribution in [0.3, 0.4) is 0 Å². The normalized spacial score (nSPS) is 13.2. The van der Waals surface area contributed by atoms with Crippen molar-refractivity contribution in [2.75, 3.05) is 0 Å². The van der Waals surface area contributed by atoms with E-state index in [9.17, 15) is 14.9 Å². The van der Waals surface area contributed by atoms with Gasteiger partial charge in [-0.3, -0.25) is 10.1 Å². The zero-order chi connectivity index (χ0) is 19.3. The van der Waals surface area contributed by atoms with E-state index in [-0.39, 0.29) is 10.6 Å². The van der Waals surface area contributed by atoms with Gasteiger partial charge in [-0.25, -0.2) is 0 Å². The van der Waals surface area contributed by atoms with Crippen LogP contribution in [0.1, 0.15) is 58.3 Å². The first-order valence-electron chi connectivity index (χ1n) is 9.24. The number of aldehydes is 1. The Labute approximate surface area is 157 Å². The lowest BCUT2D eigenvalue weighted by molar-refractivity contribution is -0.427. The summed E-state index contributed by atoms with van der Waals surface area (Å²) in [6.45, 7) is 2.11. The highest BCUT2D eigenvalue weighted by molar-refractivity contribution is 5.49. The van der Waals surface area contributed by atoms with Gasteiger partial charge in [0.05, 0.1) is 11.3 Å². The lowest BCUT2D eigenvalue weighted by Crippen LogP contribution is -1.97. The van der Waals surface area contributed by atoms with Crippen molar-refractivity contribution in [3.8, 4) is 0 Å². The molecule has 4 heteroatoms. The lowest BCUT2D eigenvalue weighted by atomic mass is 10.2. The van der Waals surface area contributed by atoms with E-state index in [1.54, 1.807) is 6.08 Å². The van der Waals surface area contributed by atoms with E-state index in [0.29, 0.717) is 19.3 Å². The molecular weight excluding hydrogens is 326 g/mol. The third kappa shape index (κ3) is 16.4. The van der Waals surface area contributed by atoms with E-state index in [0.717, 1.165) is 38.4 Å². The Morgan fingerprint density at radius 1 is 0.769 bits per heavy atom. The SMILES string of the molecule is CC/C=C\C/C=C\C/C=C\C/C=C(\C/C=C\C/C=C\CCC=O)[N+](=O)[O-]. The van der Waals surface area contributed by atoms with E-state index in [1.807, 2.05) is 36.5 Å². The van der Waals surface area contributed by atoms with Crippen molar-refractivity contribution in [3.05, 3.63) is 82.6 Å². The summed E-state index contributed by atoms with van der Waals surface area (Å²) in [4.78, 5) is 20.9. The molecule has 0 aromatic carbocycles. The van der Waals surface area contributed by atoms with Crippen molar-refractivity contribution >= 4 is 6.29 Å². The first-order valence-corrected chi connectivity index (χ1v) is 9.24. The Morgan fingerprint density at radius 3 is 1.88 bits per heavy atom. The Morgan fingerprint density at radius 2 is 1.31 bits per heavy atom. The number of unbranched alkanes of at least 4 members (excludes halogenated alkanes) is 1. The monoisotopic (exact) mass is 357 g/mol. The van der Waals surface area contributed by atoms with Gasteiger partial charge >= 0.3 is 0 Å². The molecule has 0 aliphatic heterocycles. The first kappa shape index (κ1) is 23.5. The van der Waals surface area contributed by atoms with Crippen molar-refractivity contribution in [2.45, 2.75) is 58.3 Å². The fraction of sp³-hybridized carbons (Fsp3) is 0.409. The molecule has 0 aromatic heterocycles. The Bertz CT molecular complexity index is 552. The molecular formula is C22H31NO3. The maximum atomic E-state index is 11.0. The molecule has 4 nitrogen and oxygen atoms in total. The summed E-state index contributed by atoms with van der Waals surface area (Å²) >= 11 is 0. The van der Waals surface area contributed by atoms with Crippen LogP contribution >= 0.6 is 0 Å². The number of hydrogen-bond acceptors (Lipinski definition) is 3. The maximum Gasteiger partial charge on any atom is 0.246 e. The maximum absolute atomic E-state index is 11.0. The quantitative estimate of drug-likeness (QED) is 0.114. The van der Waals surface area contributed by atoms with Crippen molar-refractivity contribution in [2.24, 2.45) is 0 Å². The van der Waals surface area contributed by atoms with Crippen molar-refractivity contribution < 1.29 is 9.72 Å². The zero-order valence-electron chi connectivity index (χ0n) is 15.8. The van der Waals surface area contributed by atoms with Gasteiger partial charge in [0.15, 0.2) is 0 Å². The van der Waals surface area contributed by atoms with Crippen LogP contribution in [0.25, 0.3) is 0 Å². The van der Waals surface area contributed by atoms with Crippen LogP contribution in [0.4, 0.5) is 0 Å². The van der Waals surface area contributed by atoms with Gasteiger partial charge in [-0.05, 0) is 44.6 Å². The first-order chi connectivity index (χ1) is 12.7. The molecule has 0 atom stereocenters. The summed E-state index contributed by atoms with van der Waals surface area (Å²) in [5, 5.41) is 11.0. The van der Waals surface area contributed by atoms with Crippen molar-refractivity contribution in [3.63, 3.8) is 0 Å². The van der Waals surface area contributed by atoms with Gasteiger partial charge in [0.1, 0.15) is 6.29 Å². The highest BCUT2D eigenvalue weighted by atomic mass is 16.6. The summed E-state index contributed by atoms with van der Waals surface area (Å²) < 4.78 is 0. The molecule has 0 aliphatic carbocycles. The average Bonchev–Trinajstić information content (AvgIpc) is 2.63. The molecule has 0 heterocycles. The minimum atomic E-state index is -0.321. The summed E-state index contributed by atoms with van der Waals surface area (Å²) in [6.07, 6.45) is 28.4. The Balaban J connectivity index is 4.10. The third-order valence-corrected chi connectivity index (χ3v) is 3.39. The highest BCUT2D eigenvalue weighted by Crippen LogP contribution is 2.06. The van der Waals surface area contributed by atoms with E-state index in [4.69, 9.17) is 0 Å². The smallest absolute Gasteiger partial charge is 0.246 e. The van der Waals surface area contributed by atoms with Crippen LogP contribution in [-0.2, 0) is 4.79 Å². The minimum Gasteiger partial charge on any atom is -0.303 e. The number of allylic oxidation sites excluding steroid dienone is 11. The van der Waals surface area contributed by atoms with Gasteiger partial charge in [-0.15, -0.1) is 0 Å². The predicted octanol–water partition coefficient (Wildman–Crippen LogP) is 6.27. The summed E-state index contributed by atoms with van der Waals surface area (Å²) in [6, 6.07) is 0. The van der Waals surface area contributed by atoms with Gasteiger partial charge in [-0.1, -0.05) is 67.7 Å². The molecule has 0 saturated carbocycles. The van der Waals surface area contributed by atoms with Crippen LogP contribution < -0.4 is 0 Å². The summed E-state index contributed by atoms with van der Waals surface area (Å²) in [5.74, 6) is 0. The summed E-state index contributed by atoms with van der Waals surface area (Å²) in [7, 11) is 0. The molecule has 0 amide bonds. The zero-order valence-corrected chi connectivity index (χ0v) is 15.8. The van der Waals surface area contributed by atoms with E-state index in [1.165, 1.54) is 0 Å². The van der Waals surface area contributed by atoms with Crippen LogP contribution in [0, 0.1) is 10.1 Å². The van der Waals surface area contributed by atoms with Crippen molar-refractivity contribution in [1.82, 2.24) is 0 Å². The number of nitro groups is 1. The second-order valence-electron chi connectivity index (χ2n) is 5.61. The Kier molecular flexibility index (Phi) is 17.0. The molecule has 0 N–H and O–H groups in total. The lowest BCUT2D eigenvalue weighted by Gasteiger charge is -1.93. The second-order valence-corrected chi connectivity index (χ2v) is 5.61. The molecule has 0 saturated heterocycles. The van der Waals surface area contributed by atoms with E-state index >= 15 is 0 Å². The van der Waals surface area contributed by atoms with Crippen LogP contribution in [0.2, 0.25) is 0 Å². The number of hydrogen-bond donors (Lipinski definition) is 0. The fourth-order valence-corrected chi connectivity index (χ4v) is 2.00. The largest absolute Gasteiger partial charge is 0.303 e. The standard InChI is InChI=1S/C22H31NO3/c1-2-3-4-5-6-7-8-10-13-16-19-22(23(25)26)20-17-14-11-9-12-15-18-21-24/h3-4,6-7,9-10,12-14,17,19,21H,2,5,8,11,15-16,18,20H2,1H3/b4-3-,7-6-,12-9-,13-10-,17-14-,22-19+. The van der Waals surface area contributed by atoms with Gasteiger partial charge in [0, 0.05) is 6.42 Å². The van der Waals surface area contributed by atoms with E-state index < -0.39 is 0 Å². The molecule has 0 unspecified atom stereocenters. The second kappa shape index (κ2) is 18.8. The molecule has 142 valence electrons. The topological polar surface area (TPSA) is 60.2 Å². The predicted molar refractivity (Wildman–Crippen MR) is 109 cm³/mol. The van der Waals surface area contributed by atoms with Gasteiger partial charge in [-0.2, -0.15) is 0 Å². The minimum absolute atomic E-state index is 0.219. The highest BCUT2D eigenvalue weighted by Gasteiger charge is 2.06. The van der Waals surface area contributed by atoms with Crippen LogP contribution in [0.15, 0.2) is 72.5 Å². The number of nitrogens with zero attached hydrogens (tertiary/aromatic N) is 1. The molecule has 0 bridgehead atoms. The molecule has 0 rings (SSSR count). The van der Waals surface area contributed by atoms with Crippen molar-refractivity contribution in [1.29, 1.82) is 0 Å². The molecule has 0 radical (unpaired) electrons. The Hall–Kier alpha value is -2.49. The fourth-order valence-electron chi connectivity index (χ4n) is 2.00. The van der Waals surface area contributed by atoms with E-state index in [2.05, 4.69) is 31.2 Å². The molecule has 0 spiro atoms. The number of carbonyl (C=O) groups is 1. The van der Waals surface area contributed by atoms with Gasteiger partial charge < -0.3 is 4.79 Å². The molecule has 0 aliphatic rings. The van der Waals surface area contributed by atoms with Gasteiger partial charge in [0.2, 0.25) is 5.70 Å². The van der Waals surface area contributed by atoms with Crippen LogP contribution in [0.5, 0.6) is 0 Å². The van der Waals surface area contributed by atoms with Crippen LogP contribution in [-0.4, -0.2) is 11.2 Å². The molecule has 26 heavy (non-hydrogen) atoms. The third-order valence-electron chi connectivity index (χ3n) is 3.39.